The van der Waals surface area contributed by atoms with Crippen LogP contribution in [-0.4, -0.2) is 71.4 Å². The lowest BCUT2D eigenvalue weighted by molar-refractivity contribution is -0.130. The summed E-state index contributed by atoms with van der Waals surface area (Å²) in [6, 6.07) is 4.94. The molecule has 30 heavy (non-hydrogen) atoms. The average Bonchev–Trinajstić information content (AvgIpc) is 3.30. The van der Waals surface area contributed by atoms with Crippen LogP contribution in [0, 0.1) is 5.92 Å². The van der Waals surface area contributed by atoms with Gasteiger partial charge < -0.3 is 9.64 Å². The van der Waals surface area contributed by atoms with E-state index in [-0.39, 0.29) is 35.1 Å². The number of hydrogen-bond donors (Lipinski definition) is 1. The van der Waals surface area contributed by atoms with Gasteiger partial charge in [-0.3, -0.25) is 9.89 Å². The topological polar surface area (TPSA) is 105 Å². The molecule has 8 nitrogen and oxygen atoms in total. The number of benzene rings is 1. The van der Waals surface area contributed by atoms with Crippen LogP contribution in [0.25, 0.3) is 11.4 Å². The van der Waals surface area contributed by atoms with Crippen LogP contribution in [0.5, 0.6) is 5.75 Å². The molecule has 11 heteroatoms. The summed E-state index contributed by atoms with van der Waals surface area (Å²) in [5.74, 6) is 1.54. The third kappa shape index (κ3) is 5.67. The number of nitrogens with zero attached hydrogens (tertiary/aromatic N) is 3. The zero-order valence-electron chi connectivity index (χ0n) is 17.1. The van der Waals surface area contributed by atoms with E-state index < -0.39 is 9.84 Å². The molecular formula is C19H25ClN4O4S2. The molecule has 0 aliphatic carbocycles. The second-order valence-corrected chi connectivity index (χ2v) is 11.2. The molecule has 2 aromatic rings. The third-order valence-electron chi connectivity index (χ3n) is 4.74. The molecule has 1 aromatic heterocycles. The summed E-state index contributed by atoms with van der Waals surface area (Å²) in [6.45, 7) is 4.55. The Balaban J connectivity index is 1.69. The fraction of sp³-hybridized carbons (Fsp3) is 0.526. The van der Waals surface area contributed by atoms with Crippen LogP contribution in [-0.2, 0) is 14.6 Å². The Bertz CT molecular complexity index is 1010. The molecule has 1 aromatic carbocycles. The van der Waals surface area contributed by atoms with Crippen molar-refractivity contribution in [2.24, 2.45) is 5.92 Å². The maximum atomic E-state index is 12.9. The maximum Gasteiger partial charge on any atom is 0.233 e. The van der Waals surface area contributed by atoms with E-state index in [1.807, 2.05) is 13.8 Å². The Labute approximate surface area is 185 Å². The molecule has 0 bridgehead atoms. The third-order valence-corrected chi connectivity index (χ3v) is 7.56. The number of hydrogen-bond acceptors (Lipinski definition) is 7. The van der Waals surface area contributed by atoms with Gasteiger partial charge in [-0.2, -0.15) is 0 Å². The van der Waals surface area contributed by atoms with Gasteiger partial charge in [0.2, 0.25) is 11.1 Å². The quantitative estimate of drug-likeness (QED) is 0.589. The Kier molecular flexibility index (Phi) is 7.30. The second kappa shape index (κ2) is 9.57. The number of aromatic amines is 1. The van der Waals surface area contributed by atoms with E-state index >= 15 is 0 Å². The van der Waals surface area contributed by atoms with Gasteiger partial charge in [-0.05, 0) is 30.5 Å². The summed E-state index contributed by atoms with van der Waals surface area (Å²) in [6.07, 6.45) is 0.491. The minimum absolute atomic E-state index is 0.0372. The Hall–Kier alpha value is -1.78. The highest BCUT2D eigenvalue weighted by atomic mass is 35.5. The number of halogens is 1. The highest BCUT2D eigenvalue weighted by molar-refractivity contribution is 7.99. The smallest absolute Gasteiger partial charge is 0.233 e. The first-order valence-electron chi connectivity index (χ1n) is 9.57. The number of ether oxygens (including phenoxy) is 1. The van der Waals surface area contributed by atoms with Gasteiger partial charge in [0.25, 0.3) is 0 Å². The van der Waals surface area contributed by atoms with Crippen molar-refractivity contribution in [2.45, 2.75) is 31.5 Å². The lowest BCUT2D eigenvalue weighted by atomic mass is 10.1. The predicted molar refractivity (Wildman–Crippen MR) is 118 cm³/mol. The molecule has 1 aliphatic rings. The van der Waals surface area contributed by atoms with Crippen LogP contribution in [0.4, 0.5) is 0 Å². The minimum Gasteiger partial charge on any atom is -0.496 e. The molecule has 1 amide bonds. The first kappa shape index (κ1) is 22.9. The number of thioether (sulfide) groups is 1. The summed E-state index contributed by atoms with van der Waals surface area (Å²) in [5.41, 5.74) is 0.674. The fourth-order valence-corrected chi connectivity index (χ4v) is 5.96. The average molecular weight is 473 g/mol. The molecule has 1 N–H and O–H groups in total. The monoisotopic (exact) mass is 472 g/mol. The van der Waals surface area contributed by atoms with Gasteiger partial charge in [-0.25, -0.2) is 13.4 Å². The summed E-state index contributed by atoms with van der Waals surface area (Å²) >= 11 is 7.28. The van der Waals surface area contributed by atoms with E-state index in [2.05, 4.69) is 15.2 Å². The largest absolute Gasteiger partial charge is 0.496 e. The van der Waals surface area contributed by atoms with Crippen molar-refractivity contribution in [3.05, 3.63) is 23.2 Å². The number of nitrogens with one attached hydrogen (secondary N) is 1. The van der Waals surface area contributed by atoms with Gasteiger partial charge in [-0.15, -0.1) is 5.10 Å². The zero-order valence-corrected chi connectivity index (χ0v) is 19.5. The number of methoxy groups -OCH3 is 1. The van der Waals surface area contributed by atoms with Crippen LogP contribution in [0.1, 0.15) is 20.3 Å². The number of amides is 1. The normalized spacial score (nSPS) is 18.0. The number of H-pyrrole nitrogens is 1. The van der Waals surface area contributed by atoms with Crippen LogP contribution >= 0.6 is 23.4 Å². The molecule has 1 atom stereocenters. The fourth-order valence-electron chi connectivity index (χ4n) is 3.37. The Morgan fingerprint density at radius 3 is 2.83 bits per heavy atom. The van der Waals surface area contributed by atoms with Crippen molar-refractivity contribution in [3.63, 3.8) is 0 Å². The van der Waals surface area contributed by atoms with Crippen LogP contribution in [0.2, 0.25) is 5.02 Å². The second-order valence-electron chi connectivity index (χ2n) is 7.60. The van der Waals surface area contributed by atoms with Crippen molar-refractivity contribution in [2.75, 3.05) is 30.9 Å². The molecule has 164 valence electrons. The summed E-state index contributed by atoms with van der Waals surface area (Å²) in [7, 11) is -1.51. The zero-order chi connectivity index (χ0) is 21.9. The standard InChI is InChI=1S/C19H25ClN4O4S2/c1-12(2)9-24(14-6-7-30(26,27)11-14)17(25)10-29-19-21-18(22-23-19)15-8-13(20)4-5-16(15)28-3/h4-5,8,12,14H,6-7,9-11H2,1-3H3,(H,21,22,23)/t14-/m0/s1. The lowest BCUT2D eigenvalue weighted by Gasteiger charge is -2.29. The van der Waals surface area contributed by atoms with Gasteiger partial charge in [0.15, 0.2) is 15.7 Å². The van der Waals surface area contributed by atoms with Crippen LogP contribution < -0.4 is 4.74 Å². The van der Waals surface area contributed by atoms with Crippen molar-refractivity contribution >= 4 is 39.1 Å². The number of sulfone groups is 1. The van der Waals surface area contributed by atoms with Crippen LogP contribution in [0.3, 0.4) is 0 Å². The van der Waals surface area contributed by atoms with E-state index in [1.165, 1.54) is 11.8 Å². The van der Waals surface area contributed by atoms with E-state index in [1.54, 1.807) is 30.2 Å². The molecule has 0 saturated carbocycles. The number of carbonyl (C=O) groups excluding carboxylic acids is 1. The van der Waals surface area contributed by atoms with Gasteiger partial charge in [-0.1, -0.05) is 37.2 Å². The molecule has 3 rings (SSSR count). The molecule has 1 saturated heterocycles. The summed E-state index contributed by atoms with van der Waals surface area (Å²) in [4.78, 5) is 19.0. The molecule has 0 spiro atoms. The number of carbonyl (C=O) groups is 1. The highest BCUT2D eigenvalue weighted by Crippen LogP contribution is 2.31. The number of rotatable bonds is 8. The first-order valence-corrected chi connectivity index (χ1v) is 12.8. The van der Waals surface area contributed by atoms with Gasteiger partial charge in [0, 0.05) is 17.6 Å². The molecule has 2 heterocycles. The van der Waals surface area contributed by atoms with Crippen LogP contribution in [0.15, 0.2) is 23.4 Å². The minimum atomic E-state index is -3.07. The predicted octanol–water partition coefficient (Wildman–Crippen LogP) is 2.90. The SMILES string of the molecule is COc1ccc(Cl)cc1-c1nc(SCC(=O)N(CC(C)C)[C@H]2CCS(=O)(=O)C2)n[nH]1. The molecule has 1 fully saturated rings. The van der Waals surface area contributed by atoms with Crippen molar-refractivity contribution < 1.29 is 17.9 Å². The summed E-state index contributed by atoms with van der Waals surface area (Å²) in [5, 5.41) is 7.99. The highest BCUT2D eigenvalue weighted by Gasteiger charge is 2.34. The van der Waals surface area contributed by atoms with Gasteiger partial charge in [0.1, 0.15) is 5.75 Å². The molecule has 1 aliphatic heterocycles. The molecule has 0 radical (unpaired) electrons. The molecule has 0 unspecified atom stereocenters. The molecular weight excluding hydrogens is 448 g/mol. The maximum absolute atomic E-state index is 12.9. The van der Waals surface area contributed by atoms with Crippen molar-refractivity contribution in [1.82, 2.24) is 20.1 Å². The van der Waals surface area contributed by atoms with E-state index in [4.69, 9.17) is 16.3 Å². The lowest BCUT2D eigenvalue weighted by Crippen LogP contribution is -2.44. The van der Waals surface area contributed by atoms with Gasteiger partial charge in [0.05, 0.1) is 29.9 Å². The van der Waals surface area contributed by atoms with E-state index in [0.717, 1.165) is 0 Å². The first-order chi connectivity index (χ1) is 14.2. The van der Waals surface area contributed by atoms with Crippen molar-refractivity contribution in [1.29, 1.82) is 0 Å². The van der Waals surface area contributed by atoms with Crippen molar-refractivity contribution in [3.8, 4) is 17.1 Å². The Morgan fingerprint density at radius 2 is 2.20 bits per heavy atom. The van der Waals surface area contributed by atoms with E-state index in [0.29, 0.717) is 40.3 Å². The summed E-state index contributed by atoms with van der Waals surface area (Å²) < 4.78 is 29.1. The Morgan fingerprint density at radius 1 is 1.43 bits per heavy atom. The van der Waals surface area contributed by atoms with Gasteiger partial charge >= 0.3 is 0 Å². The van der Waals surface area contributed by atoms with E-state index in [9.17, 15) is 13.2 Å². The number of aromatic nitrogens is 3.